The summed E-state index contributed by atoms with van der Waals surface area (Å²) in [5, 5.41) is 2.45. The molecule has 0 unspecified atom stereocenters. The van der Waals surface area contributed by atoms with E-state index in [2.05, 4.69) is 26.2 Å². The maximum absolute atomic E-state index is 10.6. The molecule has 0 spiro atoms. The first kappa shape index (κ1) is 8.45. The van der Waals surface area contributed by atoms with Crippen LogP contribution in [-0.2, 0) is 11.3 Å². The second kappa shape index (κ2) is 4.27. The molecule has 0 atom stereocenters. The average Bonchev–Trinajstić information content (AvgIpc) is 2.16. The monoisotopic (exact) mass is 166 g/mol. The molecule has 0 aliphatic heterocycles. The Morgan fingerprint density at radius 2 is 2.58 bits per heavy atom. The molecule has 1 radical (unpaired) electrons. The first-order valence-corrected chi connectivity index (χ1v) is 3.32. The van der Waals surface area contributed by atoms with Gasteiger partial charge in [0, 0.05) is 12.4 Å². The van der Waals surface area contributed by atoms with Crippen molar-refractivity contribution in [1.82, 2.24) is 15.3 Å². The van der Waals surface area contributed by atoms with E-state index in [9.17, 15) is 4.79 Å². The molecule has 1 aromatic heterocycles. The zero-order valence-corrected chi connectivity index (χ0v) is 6.57. The summed E-state index contributed by atoms with van der Waals surface area (Å²) in [4.78, 5) is 18.2. The van der Waals surface area contributed by atoms with Gasteiger partial charge in [0.05, 0.1) is 19.3 Å². The Morgan fingerprint density at radius 3 is 3.17 bits per heavy atom. The fraction of sp³-hybridized carbons (Fsp3) is 0.286. The van der Waals surface area contributed by atoms with Crippen LogP contribution in [0.5, 0.6) is 0 Å². The summed E-state index contributed by atoms with van der Waals surface area (Å²) >= 11 is 0. The van der Waals surface area contributed by atoms with E-state index in [1.54, 1.807) is 0 Å². The number of carbonyl (C=O) groups excluding carboxylic acids is 1. The van der Waals surface area contributed by atoms with Gasteiger partial charge in [-0.2, -0.15) is 0 Å². The van der Waals surface area contributed by atoms with Crippen molar-refractivity contribution in [2.24, 2.45) is 0 Å². The van der Waals surface area contributed by atoms with Gasteiger partial charge in [-0.25, -0.2) is 4.79 Å². The minimum Gasteiger partial charge on any atom is -0.453 e. The van der Waals surface area contributed by atoms with E-state index < -0.39 is 6.09 Å². The van der Waals surface area contributed by atoms with Crippen LogP contribution in [0, 0.1) is 6.20 Å². The van der Waals surface area contributed by atoms with Crippen LogP contribution in [0.1, 0.15) is 5.69 Å². The fourth-order valence-corrected chi connectivity index (χ4v) is 0.611. The Kier molecular flexibility index (Phi) is 3.01. The van der Waals surface area contributed by atoms with Crippen LogP contribution in [0.3, 0.4) is 0 Å². The number of ether oxygens (including phenoxy) is 1. The Hall–Kier alpha value is -1.65. The summed E-state index contributed by atoms with van der Waals surface area (Å²) in [5.74, 6) is 0. The SMILES string of the molecule is COC(=O)NCc1[c]nccn1. The molecule has 1 N–H and O–H groups in total. The Balaban J connectivity index is 2.38. The molecule has 63 valence electrons. The number of nitrogens with zero attached hydrogens (tertiary/aromatic N) is 2. The highest BCUT2D eigenvalue weighted by molar-refractivity contribution is 5.66. The van der Waals surface area contributed by atoms with Gasteiger partial charge in [-0.1, -0.05) is 0 Å². The zero-order valence-electron chi connectivity index (χ0n) is 6.57. The maximum Gasteiger partial charge on any atom is 0.407 e. The highest BCUT2D eigenvalue weighted by Crippen LogP contribution is 1.87. The third kappa shape index (κ3) is 2.53. The summed E-state index contributed by atoms with van der Waals surface area (Å²) in [7, 11) is 1.30. The topological polar surface area (TPSA) is 64.1 Å². The summed E-state index contributed by atoms with van der Waals surface area (Å²) in [6.07, 6.45) is 5.17. The molecule has 5 nitrogen and oxygen atoms in total. The molecule has 1 rings (SSSR count). The van der Waals surface area contributed by atoms with Crippen LogP contribution < -0.4 is 5.32 Å². The minimum atomic E-state index is -0.492. The Labute approximate surface area is 69.8 Å². The van der Waals surface area contributed by atoms with Crippen LogP contribution >= 0.6 is 0 Å². The van der Waals surface area contributed by atoms with Crippen LogP contribution in [-0.4, -0.2) is 23.2 Å². The number of methoxy groups -OCH3 is 1. The lowest BCUT2D eigenvalue weighted by Gasteiger charge is -2.00. The number of aromatic nitrogens is 2. The molecule has 0 fully saturated rings. The van der Waals surface area contributed by atoms with Crippen molar-refractivity contribution in [3.8, 4) is 0 Å². The first-order valence-electron chi connectivity index (χ1n) is 3.32. The Morgan fingerprint density at radius 1 is 1.75 bits per heavy atom. The molecule has 0 aliphatic rings. The predicted molar refractivity (Wildman–Crippen MR) is 40.1 cm³/mol. The van der Waals surface area contributed by atoms with Crippen molar-refractivity contribution >= 4 is 6.09 Å². The number of alkyl carbamates (subject to hydrolysis) is 1. The number of amides is 1. The summed E-state index contributed by atoms with van der Waals surface area (Å²) in [6, 6.07) is 0. The lowest BCUT2D eigenvalue weighted by Crippen LogP contribution is -2.22. The van der Waals surface area contributed by atoms with Crippen LogP contribution in [0.2, 0.25) is 0 Å². The van der Waals surface area contributed by atoms with Gasteiger partial charge >= 0.3 is 6.09 Å². The third-order valence-electron chi connectivity index (χ3n) is 1.15. The first-order chi connectivity index (χ1) is 5.83. The van der Waals surface area contributed by atoms with Crippen molar-refractivity contribution in [2.45, 2.75) is 6.54 Å². The van der Waals surface area contributed by atoms with Crippen LogP contribution in [0.4, 0.5) is 4.79 Å². The molecule has 0 bridgehead atoms. The van der Waals surface area contributed by atoms with Crippen LogP contribution in [0.25, 0.3) is 0 Å². The normalized spacial score (nSPS) is 9.08. The molecule has 0 saturated carbocycles. The predicted octanol–water partition coefficient (Wildman–Crippen LogP) is 0.133. The summed E-state index contributed by atoms with van der Waals surface area (Å²) in [5.41, 5.74) is 0.572. The summed E-state index contributed by atoms with van der Waals surface area (Å²) in [6.45, 7) is 0.278. The lowest BCUT2D eigenvalue weighted by atomic mass is 10.4. The molecule has 0 aliphatic carbocycles. The largest absolute Gasteiger partial charge is 0.453 e. The van der Waals surface area contributed by atoms with E-state index in [1.807, 2.05) is 0 Å². The van der Waals surface area contributed by atoms with E-state index in [0.717, 1.165) is 0 Å². The molecule has 1 heterocycles. The summed E-state index contributed by atoms with van der Waals surface area (Å²) < 4.78 is 4.36. The van der Waals surface area contributed by atoms with E-state index in [-0.39, 0.29) is 6.54 Å². The highest BCUT2D eigenvalue weighted by Gasteiger charge is 1.98. The molecule has 1 aromatic rings. The number of rotatable bonds is 2. The molecule has 12 heavy (non-hydrogen) atoms. The van der Waals surface area contributed by atoms with Gasteiger partial charge in [0.15, 0.2) is 0 Å². The van der Waals surface area contributed by atoms with Gasteiger partial charge < -0.3 is 10.1 Å². The van der Waals surface area contributed by atoms with Gasteiger partial charge in [0.2, 0.25) is 0 Å². The molecule has 0 aromatic carbocycles. The maximum atomic E-state index is 10.6. The van der Waals surface area contributed by atoms with E-state index >= 15 is 0 Å². The third-order valence-corrected chi connectivity index (χ3v) is 1.15. The lowest BCUT2D eigenvalue weighted by molar-refractivity contribution is 0.170. The van der Waals surface area contributed by atoms with E-state index in [0.29, 0.717) is 5.69 Å². The smallest absolute Gasteiger partial charge is 0.407 e. The fourth-order valence-electron chi connectivity index (χ4n) is 0.611. The van der Waals surface area contributed by atoms with Crippen molar-refractivity contribution in [3.63, 3.8) is 0 Å². The number of carbonyl (C=O) groups is 1. The van der Waals surface area contributed by atoms with Crippen molar-refractivity contribution in [1.29, 1.82) is 0 Å². The number of hydrogen-bond acceptors (Lipinski definition) is 4. The minimum absolute atomic E-state index is 0.278. The van der Waals surface area contributed by atoms with Gasteiger partial charge in [-0.05, 0) is 0 Å². The highest BCUT2D eigenvalue weighted by atomic mass is 16.5. The van der Waals surface area contributed by atoms with Crippen molar-refractivity contribution in [2.75, 3.05) is 7.11 Å². The molecular formula is C7H8N3O2. The van der Waals surface area contributed by atoms with Gasteiger partial charge in [-0.3, -0.25) is 9.97 Å². The second-order valence-corrected chi connectivity index (χ2v) is 1.96. The molecule has 5 heteroatoms. The van der Waals surface area contributed by atoms with E-state index in [4.69, 9.17) is 0 Å². The average molecular weight is 166 g/mol. The Bertz CT molecular complexity index is 250. The van der Waals surface area contributed by atoms with Crippen molar-refractivity contribution < 1.29 is 9.53 Å². The zero-order chi connectivity index (χ0) is 8.81. The van der Waals surface area contributed by atoms with Crippen molar-refractivity contribution in [3.05, 3.63) is 24.3 Å². The molecule has 0 saturated heterocycles. The number of hydrogen-bond donors (Lipinski definition) is 1. The molecular weight excluding hydrogens is 158 g/mol. The van der Waals surface area contributed by atoms with Crippen LogP contribution in [0.15, 0.2) is 12.4 Å². The van der Waals surface area contributed by atoms with Gasteiger partial charge in [0.25, 0.3) is 0 Å². The number of nitrogens with one attached hydrogen (secondary N) is 1. The standard InChI is InChI=1S/C7H8N3O2/c1-12-7(11)10-5-6-4-8-2-3-9-6/h2-3H,5H2,1H3,(H,10,11). The second-order valence-electron chi connectivity index (χ2n) is 1.96. The van der Waals surface area contributed by atoms with Gasteiger partial charge in [-0.15, -0.1) is 0 Å². The van der Waals surface area contributed by atoms with E-state index in [1.165, 1.54) is 19.5 Å². The molecule has 1 amide bonds. The van der Waals surface area contributed by atoms with Gasteiger partial charge in [0.1, 0.15) is 6.20 Å². The quantitative estimate of drug-likeness (QED) is 0.678.